The number of amides is 2. The second-order valence-electron chi connectivity index (χ2n) is 6.11. The van der Waals surface area contributed by atoms with Crippen molar-refractivity contribution < 1.29 is 14.3 Å². The van der Waals surface area contributed by atoms with Crippen molar-refractivity contribution in [3.8, 4) is 5.75 Å². The van der Waals surface area contributed by atoms with Crippen LogP contribution in [0.3, 0.4) is 0 Å². The summed E-state index contributed by atoms with van der Waals surface area (Å²) < 4.78 is 7.21. The molecule has 7 nitrogen and oxygen atoms in total. The van der Waals surface area contributed by atoms with Crippen LogP contribution in [0.5, 0.6) is 5.75 Å². The molecule has 3 N–H and O–H groups in total. The van der Waals surface area contributed by atoms with Crippen molar-refractivity contribution in [2.24, 2.45) is 5.73 Å². The Labute approximate surface area is 150 Å². The summed E-state index contributed by atoms with van der Waals surface area (Å²) in [5, 5.41) is 2.81. The van der Waals surface area contributed by atoms with E-state index in [1.54, 1.807) is 35.8 Å². The number of primary amides is 1. The van der Waals surface area contributed by atoms with Crippen molar-refractivity contribution in [1.82, 2.24) is 4.57 Å². The van der Waals surface area contributed by atoms with E-state index < -0.39 is 5.91 Å². The van der Waals surface area contributed by atoms with E-state index in [0.717, 1.165) is 12.8 Å². The zero-order valence-electron chi connectivity index (χ0n) is 14.6. The first-order chi connectivity index (χ1) is 12.5. The molecule has 2 amide bonds. The molecule has 0 bridgehead atoms. The molecular formula is C19H21N3O4. The van der Waals surface area contributed by atoms with Crippen LogP contribution in [0.1, 0.15) is 46.2 Å². The van der Waals surface area contributed by atoms with Crippen LogP contribution in [0, 0.1) is 0 Å². The predicted octanol–water partition coefficient (Wildman–Crippen LogP) is 1.93. The van der Waals surface area contributed by atoms with Gasteiger partial charge in [0.05, 0.1) is 6.61 Å². The van der Waals surface area contributed by atoms with E-state index >= 15 is 0 Å². The Kier molecular flexibility index (Phi) is 5.06. The molecule has 0 saturated heterocycles. The van der Waals surface area contributed by atoms with Gasteiger partial charge in [0.1, 0.15) is 11.3 Å². The lowest BCUT2D eigenvalue weighted by molar-refractivity contribution is 0.0997. The molecule has 136 valence electrons. The topological polar surface area (TPSA) is 103 Å². The van der Waals surface area contributed by atoms with Crippen LogP contribution < -0.4 is 21.3 Å². The van der Waals surface area contributed by atoms with Crippen LogP contribution in [-0.2, 0) is 13.0 Å². The van der Waals surface area contributed by atoms with Crippen molar-refractivity contribution in [2.75, 3.05) is 11.9 Å². The van der Waals surface area contributed by atoms with Gasteiger partial charge in [-0.3, -0.25) is 14.4 Å². The summed E-state index contributed by atoms with van der Waals surface area (Å²) in [7, 11) is 0. The number of carbonyl (C=O) groups excluding carboxylic acids is 2. The van der Waals surface area contributed by atoms with Crippen molar-refractivity contribution in [2.45, 2.75) is 32.7 Å². The SMILES string of the molecule is CCOc1cc(=O)n2c(c1C(=O)Nc1ccc(C(N)=O)cc1)CCCC2. The maximum Gasteiger partial charge on any atom is 0.261 e. The van der Waals surface area contributed by atoms with Gasteiger partial charge in [-0.2, -0.15) is 0 Å². The number of benzene rings is 1. The molecule has 1 aliphatic rings. The smallest absolute Gasteiger partial charge is 0.261 e. The normalized spacial score (nSPS) is 13.0. The fourth-order valence-corrected chi connectivity index (χ4v) is 3.16. The van der Waals surface area contributed by atoms with Crippen LogP contribution in [0.25, 0.3) is 0 Å². The van der Waals surface area contributed by atoms with Crippen LogP contribution in [0.2, 0.25) is 0 Å². The maximum absolute atomic E-state index is 12.9. The van der Waals surface area contributed by atoms with Crippen LogP contribution >= 0.6 is 0 Å². The van der Waals surface area contributed by atoms with Gasteiger partial charge in [0.15, 0.2) is 0 Å². The van der Waals surface area contributed by atoms with E-state index in [4.69, 9.17) is 10.5 Å². The summed E-state index contributed by atoms with van der Waals surface area (Å²) >= 11 is 0. The van der Waals surface area contributed by atoms with Gasteiger partial charge < -0.3 is 20.4 Å². The number of nitrogens with zero attached hydrogens (tertiary/aromatic N) is 1. The van der Waals surface area contributed by atoms with Gasteiger partial charge in [0.25, 0.3) is 11.5 Å². The number of hydrogen-bond acceptors (Lipinski definition) is 4. The first-order valence-electron chi connectivity index (χ1n) is 8.62. The third kappa shape index (κ3) is 3.46. The predicted molar refractivity (Wildman–Crippen MR) is 97.7 cm³/mol. The van der Waals surface area contributed by atoms with Crippen molar-refractivity contribution in [3.63, 3.8) is 0 Å². The number of rotatable bonds is 5. The first-order valence-corrected chi connectivity index (χ1v) is 8.62. The Morgan fingerprint density at radius 3 is 2.62 bits per heavy atom. The summed E-state index contributed by atoms with van der Waals surface area (Å²) in [4.78, 5) is 36.4. The average molecular weight is 355 g/mol. The molecule has 0 aliphatic carbocycles. The van der Waals surface area contributed by atoms with Crippen molar-refractivity contribution in [3.05, 3.63) is 57.5 Å². The van der Waals surface area contributed by atoms with Crippen molar-refractivity contribution >= 4 is 17.5 Å². The van der Waals surface area contributed by atoms with Gasteiger partial charge in [-0.1, -0.05) is 0 Å². The lowest BCUT2D eigenvalue weighted by Gasteiger charge is -2.23. The highest BCUT2D eigenvalue weighted by molar-refractivity contribution is 6.07. The summed E-state index contributed by atoms with van der Waals surface area (Å²) in [5.41, 5.74) is 7.07. The monoisotopic (exact) mass is 355 g/mol. The number of ether oxygens (including phenoxy) is 1. The number of carbonyl (C=O) groups is 2. The summed E-state index contributed by atoms with van der Waals surface area (Å²) in [6.07, 6.45) is 2.48. The third-order valence-electron chi connectivity index (χ3n) is 4.38. The summed E-state index contributed by atoms with van der Waals surface area (Å²) in [5.74, 6) is -0.569. The number of aromatic nitrogens is 1. The fourth-order valence-electron chi connectivity index (χ4n) is 3.16. The molecule has 0 spiro atoms. The Balaban J connectivity index is 1.97. The second-order valence-corrected chi connectivity index (χ2v) is 6.11. The number of nitrogens with one attached hydrogen (secondary N) is 1. The molecule has 0 radical (unpaired) electrons. The molecule has 3 rings (SSSR count). The third-order valence-corrected chi connectivity index (χ3v) is 4.38. The fraction of sp³-hybridized carbons (Fsp3) is 0.316. The number of anilines is 1. The van der Waals surface area contributed by atoms with E-state index in [1.807, 2.05) is 0 Å². The van der Waals surface area contributed by atoms with Crippen LogP contribution in [-0.4, -0.2) is 23.0 Å². The molecule has 0 saturated carbocycles. The molecule has 0 atom stereocenters. The molecule has 26 heavy (non-hydrogen) atoms. The minimum atomic E-state index is -0.530. The lowest BCUT2D eigenvalue weighted by Crippen LogP contribution is -2.31. The summed E-state index contributed by atoms with van der Waals surface area (Å²) in [6.45, 7) is 2.77. The van der Waals surface area contributed by atoms with Gasteiger partial charge in [-0.25, -0.2) is 0 Å². The number of hydrogen-bond donors (Lipinski definition) is 2. The Morgan fingerprint density at radius 1 is 1.23 bits per heavy atom. The average Bonchev–Trinajstić information content (AvgIpc) is 2.62. The van der Waals surface area contributed by atoms with Crippen molar-refractivity contribution in [1.29, 1.82) is 0 Å². The molecule has 1 aromatic carbocycles. The van der Waals surface area contributed by atoms with Gasteiger partial charge >= 0.3 is 0 Å². The molecular weight excluding hydrogens is 334 g/mol. The Bertz CT molecular complexity index is 900. The summed E-state index contributed by atoms with van der Waals surface area (Å²) in [6, 6.07) is 7.70. The highest BCUT2D eigenvalue weighted by Crippen LogP contribution is 2.26. The van der Waals surface area contributed by atoms with E-state index in [-0.39, 0.29) is 11.5 Å². The second kappa shape index (κ2) is 7.43. The molecule has 7 heteroatoms. The molecule has 2 heterocycles. The lowest BCUT2D eigenvalue weighted by atomic mass is 10.0. The number of nitrogens with two attached hydrogens (primary N) is 1. The van der Waals surface area contributed by atoms with E-state index in [2.05, 4.69) is 5.32 Å². The van der Waals surface area contributed by atoms with E-state index in [1.165, 1.54) is 6.07 Å². The zero-order valence-corrected chi connectivity index (χ0v) is 14.6. The Morgan fingerprint density at radius 2 is 1.96 bits per heavy atom. The minimum Gasteiger partial charge on any atom is -0.493 e. The first kappa shape index (κ1) is 17.7. The molecule has 2 aromatic rings. The van der Waals surface area contributed by atoms with Gasteiger partial charge in [-0.15, -0.1) is 0 Å². The van der Waals surface area contributed by atoms with Gasteiger partial charge in [0.2, 0.25) is 5.91 Å². The molecule has 0 unspecified atom stereocenters. The highest BCUT2D eigenvalue weighted by atomic mass is 16.5. The number of pyridine rings is 1. The maximum atomic E-state index is 12.9. The zero-order chi connectivity index (χ0) is 18.7. The Hall–Kier alpha value is -3.09. The quantitative estimate of drug-likeness (QED) is 0.855. The molecule has 0 fully saturated rings. The standard InChI is InChI=1S/C19H21N3O4/c1-2-26-15-11-16(23)22-10-4-3-5-14(22)17(15)19(25)21-13-8-6-12(7-9-13)18(20)24/h6-9,11H,2-5,10H2,1H3,(H2,20,24)(H,21,25). The number of fused-ring (bicyclic) bond motifs is 1. The molecule has 1 aromatic heterocycles. The van der Waals surface area contributed by atoms with Gasteiger partial charge in [-0.05, 0) is 50.5 Å². The van der Waals surface area contributed by atoms with E-state index in [0.29, 0.717) is 47.8 Å². The highest BCUT2D eigenvalue weighted by Gasteiger charge is 2.24. The molecule has 1 aliphatic heterocycles. The van der Waals surface area contributed by atoms with Crippen LogP contribution in [0.15, 0.2) is 35.1 Å². The van der Waals surface area contributed by atoms with E-state index in [9.17, 15) is 14.4 Å². The minimum absolute atomic E-state index is 0.148. The van der Waals surface area contributed by atoms with Gasteiger partial charge in [0, 0.05) is 29.6 Å². The van der Waals surface area contributed by atoms with Crippen LogP contribution in [0.4, 0.5) is 5.69 Å². The largest absolute Gasteiger partial charge is 0.493 e.